The number of benzene rings is 2. The van der Waals surface area contributed by atoms with Gasteiger partial charge in [0.2, 0.25) is 0 Å². The molecule has 0 bridgehead atoms. The molecule has 0 aliphatic heterocycles. The van der Waals surface area contributed by atoms with Crippen LogP contribution in [0.1, 0.15) is 18.1 Å². The van der Waals surface area contributed by atoms with Gasteiger partial charge in [-0.05, 0) is 42.7 Å². The second-order valence-electron chi connectivity index (χ2n) is 5.49. The van der Waals surface area contributed by atoms with Crippen LogP contribution in [0.25, 0.3) is 22.1 Å². The molecule has 1 aromatic heterocycles. The van der Waals surface area contributed by atoms with Gasteiger partial charge in [-0.25, -0.2) is 4.79 Å². The highest BCUT2D eigenvalue weighted by molar-refractivity contribution is 5.93. The van der Waals surface area contributed by atoms with E-state index >= 15 is 0 Å². The Bertz CT molecular complexity index is 953. The summed E-state index contributed by atoms with van der Waals surface area (Å²) in [7, 11) is 0. The van der Waals surface area contributed by atoms with E-state index in [1.165, 1.54) is 6.92 Å². The molecule has 0 aliphatic rings. The highest BCUT2D eigenvalue weighted by atomic mass is 16.5. The lowest BCUT2D eigenvalue weighted by atomic mass is 9.98. The van der Waals surface area contributed by atoms with Crippen LogP contribution in [-0.4, -0.2) is 5.97 Å². The zero-order chi connectivity index (χ0) is 16.6. The van der Waals surface area contributed by atoms with Gasteiger partial charge in [-0.2, -0.15) is 0 Å². The number of carbonyl (C=O) groups is 1. The van der Waals surface area contributed by atoms with E-state index in [2.05, 4.69) is 0 Å². The number of hydrogen-bond acceptors (Lipinski definition) is 4. The summed E-state index contributed by atoms with van der Waals surface area (Å²) in [5.41, 5.74) is 2.86. The minimum absolute atomic E-state index is 0.402. The van der Waals surface area contributed by atoms with Gasteiger partial charge in [0.05, 0.1) is 10.9 Å². The van der Waals surface area contributed by atoms with Crippen molar-refractivity contribution in [3.63, 3.8) is 0 Å². The van der Waals surface area contributed by atoms with Gasteiger partial charge in [-0.15, -0.1) is 0 Å². The average molecular weight is 308 g/mol. The van der Waals surface area contributed by atoms with Crippen LogP contribution in [0.4, 0.5) is 0 Å². The minimum Gasteiger partial charge on any atom is -0.426 e. The molecule has 4 nitrogen and oxygen atoms in total. The van der Waals surface area contributed by atoms with Crippen LogP contribution in [0.2, 0.25) is 0 Å². The van der Waals surface area contributed by atoms with Gasteiger partial charge in [-0.1, -0.05) is 30.3 Å². The summed E-state index contributed by atoms with van der Waals surface area (Å²) in [6.45, 7) is 5.04. The van der Waals surface area contributed by atoms with Crippen molar-refractivity contribution < 1.29 is 13.9 Å². The van der Waals surface area contributed by atoms with Gasteiger partial charge >= 0.3 is 11.6 Å². The summed E-state index contributed by atoms with van der Waals surface area (Å²) in [4.78, 5) is 23.8. The Balaban J connectivity index is 2.39. The molecular weight excluding hydrogens is 292 g/mol. The number of hydrogen-bond donors (Lipinski definition) is 0. The molecule has 0 fully saturated rings. The maximum atomic E-state index is 12.4. The fourth-order valence-electron chi connectivity index (χ4n) is 2.77. The molecule has 0 saturated heterocycles. The molecule has 0 atom stereocenters. The van der Waals surface area contributed by atoms with Crippen LogP contribution < -0.4 is 10.4 Å². The molecule has 116 valence electrons. The Morgan fingerprint density at radius 3 is 2.43 bits per heavy atom. The molecule has 3 rings (SSSR count). The van der Waals surface area contributed by atoms with E-state index in [0.717, 1.165) is 16.7 Å². The van der Waals surface area contributed by atoms with E-state index in [4.69, 9.17) is 9.15 Å². The monoisotopic (exact) mass is 308 g/mol. The van der Waals surface area contributed by atoms with Crippen molar-refractivity contribution in [1.29, 1.82) is 0 Å². The summed E-state index contributed by atoms with van der Waals surface area (Å²) in [5, 5.41) is 0.643. The number of aryl methyl sites for hydroxylation is 2. The number of esters is 1. The predicted octanol–water partition coefficient (Wildman–Crippen LogP) is 4.00. The summed E-state index contributed by atoms with van der Waals surface area (Å²) in [6.07, 6.45) is 0. The van der Waals surface area contributed by atoms with Gasteiger partial charge < -0.3 is 9.15 Å². The number of rotatable bonds is 2. The zero-order valence-corrected chi connectivity index (χ0v) is 13.2. The first-order chi connectivity index (χ1) is 11.0. The SMILES string of the molecule is CC(=O)Oc1cc(C)cc2oc(=O)c(-c3ccccc3)c(C)c12. The van der Waals surface area contributed by atoms with E-state index in [1.54, 1.807) is 12.1 Å². The van der Waals surface area contributed by atoms with Crippen molar-refractivity contribution >= 4 is 16.9 Å². The van der Waals surface area contributed by atoms with E-state index in [0.29, 0.717) is 22.3 Å². The predicted molar refractivity (Wildman–Crippen MR) is 88.7 cm³/mol. The summed E-state index contributed by atoms with van der Waals surface area (Å²) >= 11 is 0. The van der Waals surface area contributed by atoms with E-state index < -0.39 is 11.6 Å². The molecule has 0 N–H and O–H groups in total. The normalized spacial score (nSPS) is 10.7. The Hall–Kier alpha value is -2.88. The number of carbonyl (C=O) groups excluding carboxylic acids is 1. The molecule has 0 amide bonds. The van der Waals surface area contributed by atoms with E-state index in [1.807, 2.05) is 44.2 Å². The van der Waals surface area contributed by atoms with Crippen molar-refractivity contribution in [2.75, 3.05) is 0 Å². The molecule has 23 heavy (non-hydrogen) atoms. The molecule has 0 aliphatic carbocycles. The van der Waals surface area contributed by atoms with Crippen LogP contribution >= 0.6 is 0 Å². The van der Waals surface area contributed by atoms with Crippen LogP contribution in [-0.2, 0) is 4.79 Å². The van der Waals surface area contributed by atoms with Gasteiger partial charge in [0.1, 0.15) is 11.3 Å². The van der Waals surface area contributed by atoms with Crippen molar-refractivity contribution in [1.82, 2.24) is 0 Å². The number of fused-ring (bicyclic) bond motifs is 1. The second-order valence-corrected chi connectivity index (χ2v) is 5.49. The molecule has 0 saturated carbocycles. The summed E-state index contributed by atoms with van der Waals surface area (Å²) in [5.74, 6) is -0.00491. The maximum Gasteiger partial charge on any atom is 0.344 e. The Morgan fingerprint density at radius 2 is 1.78 bits per heavy atom. The number of ether oxygens (including phenoxy) is 1. The lowest BCUT2D eigenvalue weighted by Crippen LogP contribution is -2.08. The fraction of sp³-hybridized carbons (Fsp3) is 0.158. The largest absolute Gasteiger partial charge is 0.426 e. The highest BCUT2D eigenvalue weighted by Gasteiger charge is 2.17. The topological polar surface area (TPSA) is 56.5 Å². The van der Waals surface area contributed by atoms with Gasteiger partial charge in [-0.3, -0.25) is 4.79 Å². The molecule has 0 unspecified atom stereocenters. The van der Waals surface area contributed by atoms with Crippen LogP contribution in [0.5, 0.6) is 5.75 Å². The summed E-state index contributed by atoms with van der Waals surface area (Å²) in [6, 6.07) is 12.8. The first-order valence-corrected chi connectivity index (χ1v) is 7.29. The van der Waals surface area contributed by atoms with Crippen LogP contribution in [0.15, 0.2) is 51.7 Å². The standard InChI is InChI=1S/C19H16O4/c1-11-9-15(22-13(3)20)18-12(2)17(14-7-5-4-6-8-14)19(21)23-16(18)10-11/h4-10H,1-3H3. The van der Waals surface area contributed by atoms with Crippen LogP contribution in [0, 0.1) is 13.8 Å². The van der Waals surface area contributed by atoms with Crippen molar-refractivity contribution in [2.45, 2.75) is 20.8 Å². The lowest BCUT2D eigenvalue weighted by Gasteiger charge is -2.12. The van der Waals surface area contributed by atoms with Gasteiger partial charge in [0, 0.05) is 6.92 Å². The van der Waals surface area contributed by atoms with Crippen molar-refractivity contribution in [3.8, 4) is 16.9 Å². The molecule has 3 aromatic rings. The molecule has 0 radical (unpaired) electrons. The second kappa shape index (κ2) is 5.72. The Labute approximate surface area is 133 Å². The first kappa shape index (κ1) is 15.0. The molecule has 1 heterocycles. The quantitative estimate of drug-likeness (QED) is 0.408. The maximum absolute atomic E-state index is 12.4. The van der Waals surface area contributed by atoms with Crippen molar-refractivity contribution in [3.05, 3.63) is 64.0 Å². The highest BCUT2D eigenvalue weighted by Crippen LogP contribution is 2.34. The van der Waals surface area contributed by atoms with Crippen LogP contribution in [0.3, 0.4) is 0 Å². The average Bonchev–Trinajstić information content (AvgIpc) is 2.46. The third-order valence-electron chi connectivity index (χ3n) is 3.68. The molecule has 4 heteroatoms. The van der Waals surface area contributed by atoms with Gasteiger partial charge in [0.15, 0.2) is 0 Å². The fourth-order valence-corrected chi connectivity index (χ4v) is 2.77. The summed E-state index contributed by atoms with van der Waals surface area (Å²) < 4.78 is 10.8. The van der Waals surface area contributed by atoms with Crippen molar-refractivity contribution in [2.24, 2.45) is 0 Å². The molecule has 0 spiro atoms. The first-order valence-electron chi connectivity index (χ1n) is 7.29. The van der Waals surface area contributed by atoms with Gasteiger partial charge in [0.25, 0.3) is 0 Å². The minimum atomic E-state index is -0.413. The molecule has 2 aromatic carbocycles. The third-order valence-corrected chi connectivity index (χ3v) is 3.68. The smallest absolute Gasteiger partial charge is 0.344 e. The Kier molecular flexibility index (Phi) is 3.74. The third kappa shape index (κ3) is 2.75. The van der Waals surface area contributed by atoms with E-state index in [-0.39, 0.29) is 0 Å². The Morgan fingerprint density at radius 1 is 1.09 bits per heavy atom. The molecular formula is C19H16O4. The zero-order valence-electron chi connectivity index (χ0n) is 13.2. The van der Waals surface area contributed by atoms with E-state index in [9.17, 15) is 9.59 Å². The lowest BCUT2D eigenvalue weighted by molar-refractivity contribution is -0.131.